The normalized spacial score (nSPS) is 11.0. The SMILES string of the molecule is Cc1cc(Cl)cc(C(N)=O)c1NC(=O)c1cc(Cn2nnc(-c3ccc(Br)cc3)n2)nn1-c1ncccc1Cl. The number of halogens is 3. The van der Waals surface area contributed by atoms with E-state index in [1.54, 1.807) is 31.2 Å². The fraction of sp³-hybridized carbons (Fsp3) is 0.0800. The van der Waals surface area contributed by atoms with Crippen LogP contribution in [0.1, 0.15) is 32.1 Å². The number of carbonyl (C=O) groups is 2. The fourth-order valence-corrected chi connectivity index (χ4v) is 4.55. The van der Waals surface area contributed by atoms with E-state index in [2.05, 4.69) is 46.7 Å². The Morgan fingerprint density at radius 2 is 1.85 bits per heavy atom. The van der Waals surface area contributed by atoms with Crippen LogP contribution in [0, 0.1) is 6.92 Å². The molecule has 0 radical (unpaired) electrons. The predicted molar refractivity (Wildman–Crippen MR) is 149 cm³/mol. The van der Waals surface area contributed by atoms with Crippen molar-refractivity contribution in [1.29, 1.82) is 0 Å². The summed E-state index contributed by atoms with van der Waals surface area (Å²) >= 11 is 15.9. The monoisotopic (exact) mass is 625 g/mol. The number of nitrogens with zero attached hydrogens (tertiary/aromatic N) is 7. The van der Waals surface area contributed by atoms with E-state index in [0.29, 0.717) is 22.1 Å². The summed E-state index contributed by atoms with van der Waals surface area (Å²) in [6.45, 7) is 1.81. The third-order valence-electron chi connectivity index (χ3n) is 5.60. The molecule has 39 heavy (non-hydrogen) atoms. The van der Waals surface area contributed by atoms with Crippen molar-refractivity contribution < 1.29 is 9.59 Å². The summed E-state index contributed by atoms with van der Waals surface area (Å²) in [7, 11) is 0. The van der Waals surface area contributed by atoms with Crippen LogP contribution in [0.3, 0.4) is 0 Å². The molecule has 14 heteroatoms. The van der Waals surface area contributed by atoms with Gasteiger partial charge in [-0.1, -0.05) is 39.1 Å². The first-order valence-corrected chi connectivity index (χ1v) is 12.9. The lowest BCUT2D eigenvalue weighted by Crippen LogP contribution is -2.21. The third kappa shape index (κ3) is 5.67. The molecule has 3 aromatic heterocycles. The van der Waals surface area contributed by atoms with Gasteiger partial charge in [-0.3, -0.25) is 9.59 Å². The molecule has 2 amide bonds. The maximum Gasteiger partial charge on any atom is 0.274 e. The van der Waals surface area contributed by atoms with Crippen LogP contribution in [0.15, 0.2) is 65.3 Å². The molecule has 0 saturated heterocycles. The van der Waals surface area contributed by atoms with Crippen LogP contribution in [0.25, 0.3) is 17.2 Å². The second-order valence-corrected chi connectivity index (χ2v) is 10.1. The van der Waals surface area contributed by atoms with E-state index in [-0.39, 0.29) is 34.3 Å². The quantitative estimate of drug-likeness (QED) is 0.266. The largest absolute Gasteiger partial charge is 0.366 e. The number of amides is 2. The van der Waals surface area contributed by atoms with Crippen molar-refractivity contribution in [3.8, 4) is 17.2 Å². The standard InChI is InChI=1S/C25H18BrCl2N9O2/c1-13-9-16(27)10-18(22(29)38)21(13)31-25(39)20-11-17(33-37(20)24-19(28)3-2-8-30-24)12-36-34-23(32-35-36)14-4-6-15(26)7-5-14/h2-11H,12H2,1H3,(H2,29,38)(H,31,39). The molecule has 3 heterocycles. The summed E-state index contributed by atoms with van der Waals surface area (Å²) in [5.74, 6) is -0.646. The summed E-state index contributed by atoms with van der Waals surface area (Å²) in [6, 6.07) is 15.3. The number of nitrogens with one attached hydrogen (secondary N) is 1. The van der Waals surface area contributed by atoms with Crippen LogP contribution in [0.5, 0.6) is 0 Å². The van der Waals surface area contributed by atoms with Gasteiger partial charge in [0, 0.05) is 21.3 Å². The van der Waals surface area contributed by atoms with Crippen LogP contribution < -0.4 is 11.1 Å². The molecule has 0 unspecified atom stereocenters. The first-order chi connectivity index (χ1) is 18.7. The summed E-state index contributed by atoms with van der Waals surface area (Å²) in [5.41, 5.74) is 7.71. The Morgan fingerprint density at radius 3 is 2.56 bits per heavy atom. The molecule has 0 atom stereocenters. The number of tetrazole rings is 1. The van der Waals surface area contributed by atoms with Crippen molar-refractivity contribution in [2.45, 2.75) is 13.5 Å². The number of benzene rings is 2. The average Bonchev–Trinajstić information content (AvgIpc) is 3.53. The smallest absolute Gasteiger partial charge is 0.274 e. The summed E-state index contributed by atoms with van der Waals surface area (Å²) in [4.78, 5) is 31.2. The van der Waals surface area contributed by atoms with Crippen LogP contribution >= 0.6 is 39.1 Å². The highest BCUT2D eigenvalue weighted by Gasteiger charge is 2.23. The number of rotatable bonds is 7. The van der Waals surface area contributed by atoms with Gasteiger partial charge in [-0.05, 0) is 72.3 Å². The van der Waals surface area contributed by atoms with Crippen LogP contribution in [0.2, 0.25) is 10.0 Å². The van der Waals surface area contributed by atoms with Crippen molar-refractivity contribution in [2.24, 2.45) is 5.73 Å². The Morgan fingerprint density at radius 1 is 1.08 bits per heavy atom. The van der Waals surface area contributed by atoms with Crippen LogP contribution in [-0.4, -0.2) is 46.8 Å². The second kappa shape index (κ2) is 10.9. The van der Waals surface area contributed by atoms with E-state index in [0.717, 1.165) is 10.0 Å². The molecule has 0 saturated carbocycles. The van der Waals surface area contributed by atoms with E-state index in [1.807, 2.05) is 24.3 Å². The minimum atomic E-state index is -0.739. The minimum absolute atomic E-state index is 0.0720. The minimum Gasteiger partial charge on any atom is -0.366 e. The van der Waals surface area contributed by atoms with Gasteiger partial charge >= 0.3 is 0 Å². The van der Waals surface area contributed by atoms with Crippen LogP contribution in [-0.2, 0) is 6.54 Å². The molecule has 5 rings (SSSR count). The van der Waals surface area contributed by atoms with Gasteiger partial charge in [0.25, 0.3) is 11.8 Å². The first kappa shape index (κ1) is 26.5. The van der Waals surface area contributed by atoms with Crippen LogP contribution in [0.4, 0.5) is 5.69 Å². The van der Waals surface area contributed by atoms with Crippen molar-refractivity contribution in [3.63, 3.8) is 0 Å². The third-order valence-corrected chi connectivity index (χ3v) is 6.64. The predicted octanol–water partition coefficient (Wildman–Crippen LogP) is 4.70. The highest BCUT2D eigenvalue weighted by atomic mass is 79.9. The van der Waals surface area contributed by atoms with Crippen molar-refractivity contribution in [2.75, 3.05) is 5.32 Å². The van der Waals surface area contributed by atoms with Gasteiger partial charge in [-0.15, -0.1) is 10.2 Å². The summed E-state index contributed by atoms with van der Waals surface area (Å²) < 4.78 is 2.24. The average molecular weight is 627 g/mol. The van der Waals surface area contributed by atoms with Crippen molar-refractivity contribution >= 4 is 56.6 Å². The van der Waals surface area contributed by atoms with Crippen molar-refractivity contribution in [3.05, 3.63) is 97.8 Å². The van der Waals surface area contributed by atoms with Crippen molar-refractivity contribution in [1.82, 2.24) is 35.0 Å². The lowest BCUT2D eigenvalue weighted by atomic mass is 10.1. The molecule has 5 aromatic rings. The Hall–Kier alpha value is -4.13. The molecule has 3 N–H and O–H groups in total. The number of pyridine rings is 1. The van der Waals surface area contributed by atoms with Gasteiger partial charge in [0.15, 0.2) is 5.82 Å². The van der Waals surface area contributed by atoms with Gasteiger partial charge in [-0.25, -0.2) is 9.67 Å². The van der Waals surface area contributed by atoms with E-state index in [4.69, 9.17) is 28.9 Å². The number of hydrogen-bond donors (Lipinski definition) is 2. The lowest BCUT2D eigenvalue weighted by Gasteiger charge is -2.13. The van der Waals surface area contributed by atoms with E-state index in [1.165, 1.54) is 21.7 Å². The molecule has 196 valence electrons. The van der Waals surface area contributed by atoms with E-state index in [9.17, 15) is 9.59 Å². The lowest BCUT2D eigenvalue weighted by molar-refractivity contribution is 0.100. The zero-order chi connectivity index (χ0) is 27.7. The van der Waals surface area contributed by atoms with Gasteiger partial charge in [0.1, 0.15) is 12.2 Å². The van der Waals surface area contributed by atoms with Gasteiger partial charge < -0.3 is 11.1 Å². The zero-order valence-corrected chi connectivity index (χ0v) is 23.2. The number of nitrogens with two attached hydrogens (primary N) is 1. The molecule has 11 nitrogen and oxygen atoms in total. The Kier molecular flexibility index (Phi) is 7.42. The van der Waals surface area contributed by atoms with Gasteiger partial charge in [0.05, 0.1) is 22.0 Å². The van der Waals surface area contributed by atoms with Gasteiger partial charge in [0.2, 0.25) is 5.82 Å². The number of aromatic nitrogens is 7. The van der Waals surface area contributed by atoms with E-state index < -0.39 is 11.8 Å². The zero-order valence-electron chi connectivity index (χ0n) is 20.1. The number of primary amides is 1. The Bertz CT molecular complexity index is 1720. The fourth-order valence-electron chi connectivity index (χ4n) is 3.81. The maximum atomic E-state index is 13.5. The summed E-state index contributed by atoms with van der Waals surface area (Å²) in [5, 5.41) is 20.5. The molecule has 2 aromatic carbocycles. The first-order valence-electron chi connectivity index (χ1n) is 11.3. The number of hydrogen-bond acceptors (Lipinski definition) is 7. The topological polar surface area (TPSA) is 146 Å². The Labute approximate surface area is 240 Å². The molecule has 0 aliphatic rings. The highest BCUT2D eigenvalue weighted by molar-refractivity contribution is 9.10. The second-order valence-electron chi connectivity index (χ2n) is 8.36. The number of carbonyl (C=O) groups excluding carboxylic acids is 2. The number of anilines is 1. The van der Waals surface area contributed by atoms with E-state index >= 15 is 0 Å². The Balaban J connectivity index is 1.50. The molecule has 0 fully saturated rings. The number of aryl methyl sites for hydroxylation is 1. The van der Waals surface area contributed by atoms with Gasteiger partial charge in [-0.2, -0.15) is 9.90 Å². The molecule has 0 bridgehead atoms. The molecule has 0 aliphatic carbocycles. The highest BCUT2D eigenvalue weighted by Crippen LogP contribution is 2.27. The molecule has 0 aliphatic heterocycles. The maximum absolute atomic E-state index is 13.5. The summed E-state index contributed by atoms with van der Waals surface area (Å²) in [6.07, 6.45) is 1.53. The molecule has 0 spiro atoms. The molecular weight excluding hydrogens is 609 g/mol. The molecular formula is C25H18BrCl2N9O2.